The van der Waals surface area contributed by atoms with Gasteiger partial charge >= 0.3 is 0 Å². The van der Waals surface area contributed by atoms with E-state index in [1.807, 2.05) is 113 Å². The van der Waals surface area contributed by atoms with Crippen molar-refractivity contribution in [1.29, 1.82) is 0 Å². The molecule has 4 aliphatic rings. The highest BCUT2D eigenvalue weighted by atomic mass is 32.2. The number of thioether (sulfide) groups is 2. The van der Waals surface area contributed by atoms with Gasteiger partial charge in [-0.25, -0.2) is 10.0 Å². The molecule has 8 nitrogen and oxygen atoms in total. The highest BCUT2D eigenvalue weighted by Gasteiger charge is 2.42. The molecule has 2 heterocycles. The Morgan fingerprint density at radius 2 is 0.875 bits per heavy atom. The van der Waals surface area contributed by atoms with Crippen LogP contribution in [0.5, 0.6) is 0 Å². The quantitative estimate of drug-likeness (QED) is 0.204. The molecular weight excluding hydrogens is 641 g/mol. The maximum atomic E-state index is 13.4. The second-order valence-corrected chi connectivity index (χ2v) is 15.9. The minimum Gasteiger partial charge on any atom is -0.294 e. The lowest BCUT2D eigenvalue weighted by molar-refractivity contribution is -0.129. The second-order valence-electron chi connectivity index (χ2n) is 14.0. The zero-order valence-electron chi connectivity index (χ0n) is 27.1. The van der Waals surface area contributed by atoms with Crippen molar-refractivity contribution in [1.82, 2.24) is 0 Å². The molecule has 3 aromatic carbocycles. The van der Waals surface area contributed by atoms with Crippen LogP contribution in [0.1, 0.15) is 64.5 Å². The highest BCUT2D eigenvalue weighted by molar-refractivity contribution is 8.18. The number of para-hydroxylation sites is 2. The summed E-state index contributed by atoms with van der Waals surface area (Å²) in [6.45, 7) is 7.78. The number of carbonyl (C=O) groups is 4. The Hall–Kier alpha value is -4.54. The third kappa shape index (κ3) is 6.10. The monoisotopic (exact) mass is 674 g/mol. The van der Waals surface area contributed by atoms with Gasteiger partial charge in [-0.1, -0.05) is 82.3 Å². The van der Waals surface area contributed by atoms with Crippen LogP contribution in [0.2, 0.25) is 0 Å². The van der Waals surface area contributed by atoms with Crippen molar-refractivity contribution in [2.24, 2.45) is 21.0 Å². The number of hydrogen-bond acceptors (Lipinski definition) is 10. The Labute approximate surface area is 288 Å². The number of benzene rings is 3. The van der Waals surface area contributed by atoms with Crippen molar-refractivity contribution >= 4 is 68.1 Å². The van der Waals surface area contributed by atoms with Gasteiger partial charge in [-0.05, 0) is 64.7 Å². The van der Waals surface area contributed by atoms with Gasteiger partial charge in [-0.3, -0.25) is 19.2 Å². The molecule has 48 heavy (non-hydrogen) atoms. The lowest BCUT2D eigenvalue weighted by atomic mass is 9.74. The minimum atomic E-state index is -0.387. The van der Waals surface area contributed by atoms with Gasteiger partial charge in [0.2, 0.25) is 0 Å². The first-order valence-corrected chi connectivity index (χ1v) is 17.5. The van der Waals surface area contributed by atoms with Crippen molar-refractivity contribution in [3.63, 3.8) is 0 Å². The first kappa shape index (κ1) is 32.0. The van der Waals surface area contributed by atoms with E-state index < -0.39 is 0 Å². The van der Waals surface area contributed by atoms with Gasteiger partial charge in [0, 0.05) is 36.8 Å². The van der Waals surface area contributed by atoms with Crippen LogP contribution >= 0.6 is 23.5 Å². The van der Waals surface area contributed by atoms with Gasteiger partial charge in [-0.2, -0.15) is 10.2 Å². The van der Waals surface area contributed by atoms with Crippen LogP contribution in [-0.2, 0) is 19.2 Å². The van der Waals surface area contributed by atoms with E-state index in [9.17, 15) is 19.2 Å². The molecule has 2 aliphatic heterocycles. The van der Waals surface area contributed by atoms with E-state index in [4.69, 9.17) is 10.2 Å². The van der Waals surface area contributed by atoms with Gasteiger partial charge in [0.15, 0.2) is 23.1 Å². The largest absolute Gasteiger partial charge is 0.294 e. The van der Waals surface area contributed by atoms with Crippen LogP contribution in [0.3, 0.4) is 0 Å². The van der Waals surface area contributed by atoms with Gasteiger partial charge in [0.25, 0.3) is 0 Å². The fourth-order valence-electron chi connectivity index (χ4n) is 6.41. The number of hydrogen-bond donors (Lipinski definition) is 0. The molecule has 0 amide bonds. The van der Waals surface area contributed by atoms with Crippen molar-refractivity contribution in [3.05, 3.63) is 117 Å². The molecule has 10 heteroatoms. The molecule has 0 atom stereocenters. The van der Waals surface area contributed by atoms with Crippen LogP contribution in [0.15, 0.2) is 116 Å². The molecule has 3 aromatic rings. The van der Waals surface area contributed by atoms with E-state index in [-0.39, 0.29) is 45.1 Å². The lowest BCUT2D eigenvalue weighted by Crippen LogP contribution is -2.33. The van der Waals surface area contributed by atoms with Crippen LogP contribution in [0.4, 0.5) is 11.4 Å². The summed E-state index contributed by atoms with van der Waals surface area (Å²) in [5, 5.41) is 15.6. The average Bonchev–Trinajstić information content (AvgIpc) is 3.66. The second kappa shape index (κ2) is 12.2. The average molecular weight is 675 g/mol. The molecule has 0 saturated heterocycles. The summed E-state index contributed by atoms with van der Waals surface area (Å²) in [7, 11) is 0. The first-order valence-electron chi connectivity index (χ1n) is 15.8. The molecule has 2 aliphatic carbocycles. The van der Waals surface area contributed by atoms with Gasteiger partial charge in [-0.15, -0.1) is 0 Å². The number of carbonyl (C=O) groups excluding carboxylic acids is 4. The van der Waals surface area contributed by atoms with E-state index in [2.05, 4.69) is 0 Å². The molecule has 0 aromatic heterocycles. The Morgan fingerprint density at radius 1 is 0.521 bits per heavy atom. The fourth-order valence-corrected chi connectivity index (χ4v) is 8.63. The Morgan fingerprint density at radius 3 is 1.23 bits per heavy atom. The molecule has 242 valence electrons. The highest BCUT2D eigenvalue weighted by Crippen LogP contribution is 2.45. The minimum absolute atomic E-state index is 0.168. The Balaban J connectivity index is 1.27. The lowest BCUT2D eigenvalue weighted by Gasteiger charge is -2.30. The molecule has 0 bridgehead atoms. The van der Waals surface area contributed by atoms with Crippen LogP contribution < -0.4 is 10.0 Å². The fraction of sp³-hybridized carbons (Fsp3) is 0.263. The summed E-state index contributed by atoms with van der Waals surface area (Å²) >= 11 is 2.62. The summed E-state index contributed by atoms with van der Waals surface area (Å²) in [4.78, 5) is 53.6. The summed E-state index contributed by atoms with van der Waals surface area (Å²) < 4.78 is 0. The van der Waals surface area contributed by atoms with Crippen molar-refractivity contribution in [2.45, 2.75) is 53.4 Å². The molecule has 0 radical (unpaired) electrons. The molecular formula is C38H34N4O4S2. The maximum absolute atomic E-state index is 13.4. The molecule has 2 saturated carbocycles. The van der Waals surface area contributed by atoms with Gasteiger partial charge < -0.3 is 0 Å². The van der Waals surface area contributed by atoms with Crippen molar-refractivity contribution in [2.75, 3.05) is 10.0 Å². The zero-order valence-corrected chi connectivity index (χ0v) is 28.8. The maximum Gasteiger partial charge on any atom is 0.169 e. The van der Waals surface area contributed by atoms with E-state index in [1.165, 1.54) is 23.5 Å². The molecule has 0 spiro atoms. The molecule has 7 rings (SSSR count). The number of rotatable bonds is 4. The number of nitrogens with zero attached hydrogens (tertiary/aromatic N) is 4. The third-order valence-electron chi connectivity index (χ3n) is 8.61. The van der Waals surface area contributed by atoms with Crippen LogP contribution in [0.25, 0.3) is 0 Å². The molecule has 0 unspecified atom stereocenters. The number of anilines is 2. The van der Waals surface area contributed by atoms with E-state index in [1.54, 1.807) is 10.0 Å². The standard InChI is InChI=1S/C38H34N4O4S2/c1-37(2)19-27(43)31(28(44)20-37)35-41(25-14-7-5-8-15-25)39-33(47-35)23-12-11-13-24(18-23)34-40-42(26-16-9-6-10-17-26)36(48-34)32-29(45)21-38(3,4)22-30(32)46/h5-18H,19-22H2,1-4H3. The topological polar surface area (TPSA) is 99.5 Å². The smallest absolute Gasteiger partial charge is 0.169 e. The number of Topliss-reactive ketones (excluding diaryl/α,β-unsaturated/α-hetero) is 4. The number of ketones is 4. The van der Waals surface area contributed by atoms with E-state index in [0.29, 0.717) is 45.8 Å². The van der Waals surface area contributed by atoms with E-state index >= 15 is 0 Å². The van der Waals surface area contributed by atoms with Crippen LogP contribution in [0, 0.1) is 10.8 Å². The number of hydrazone groups is 2. The summed E-state index contributed by atoms with van der Waals surface area (Å²) in [6.07, 6.45) is 1.17. The first-order chi connectivity index (χ1) is 22.9. The third-order valence-corrected chi connectivity index (χ3v) is 10.8. The van der Waals surface area contributed by atoms with Gasteiger partial charge in [0.1, 0.15) is 20.1 Å². The van der Waals surface area contributed by atoms with Gasteiger partial charge in [0.05, 0.1) is 22.5 Å². The number of allylic oxidation sites excluding steroid dienone is 2. The predicted molar refractivity (Wildman–Crippen MR) is 193 cm³/mol. The molecule has 0 N–H and O–H groups in total. The Bertz CT molecular complexity index is 1830. The predicted octanol–water partition coefficient (Wildman–Crippen LogP) is 7.86. The SMILES string of the molecule is CC1(C)CC(=O)C(=C2SC(c3cccc(C4=NN(c5ccccc5)C(=C5C(=O)CC(C)(C)CC5=O)S4)c3)=NN2c2ccccc2)C(=O)C1. The van der Waals surface area contributed by atoms with Crippen LogP contribution in [-0.4, -0.2) is 33.2 Å². The zero-order chi connectivity index (χ0) is 33.8. The van der Waals surface area contributed by atoms with Crippen molar-refractivity contribution in [3.8, 4) is 0 Å². The summed E-state index contributed by atoms with van der Waals surface area (Å²) in [5.41, 5.74) is 2.70. The van der Waals surface area contributed by atoms with E-state index in [0.717, 1.165) is 22.5 Å². The Kier molecular flexibility index (Phi) is 8.12. The normalized spacial score (nSPS) is 20.9. The van der Waals surface area contributed by atoms with Crippen molar-refractivity contribution < 1.29 is 19.2 Å². The summed E-state index contributed by atoms with van der Waals surface area (Å²) in [6, 6.07) is 26.7. The molecule has 2 fully saturated rings. The summed E-state index contributed by atoms with van der Waals surface area (Å²) in [5.74, 6) is -0.673.